The molecule has 1 aromatic carbocycles. The molecule has 0 saturated heterocycles. The van der Waals surface area contributed by atoms with Crippen LogP contribution in [0.15, 0.2) is 18.2 Å². The van der Waals surface area contributed by atoms with Crippen molar-refractivity contribution in [3.05, 3.63) is 35.1 Å². The first-order valence-corrected chi connectivity index (χ1v) is 7.12. The van der Waals surface area contributed by atoms with Crippen LogP contribution in [0.4, 0.5) is 4.39 Å². The molecule has 0 aromatic heterocycles. The molecule has 1 rings (SSSR count). The van der Waals surface area contributed by atoms with Gasteiger partial charge in [0.2, 0.25) is 0 Å². The molecule has 1 aromatic rings. The number of carbonyl (C=O) groups is 2. The van der Waals surface area contributed by atoms with Gasteiger partial charge in [0.1, 0.15) is 11.9 Å². The van der Waals surface area contributed by atoms with Gasteiger partial charge in [-0.3, -0.25) is 9.59 Å². The highest BCUT2D eigenvalue weighted by Gasteiger charge is 2.23. The Labute approximate surface area is 121 Å². The van der Waals surface area contributed by atoms with Gasteiger partial charge < -0.3 is 10.2 Å². The van der Waals surface area contributed by atoms with Gasteiger partial charge in [-0.25, -0.2) is 4.39 Å². The van der Waals surface area contributed by atoms with E-state index < -0.39 is 23.8 Å². The maximum atomic E-state index is 14.0. The molecule has 0 radical (unpaired) electrons. The molecule has 4 nitrogen and oxygen atoms in total. The lowest BCUT2D eigenvalue weighted by Crippen LogP contribution is -2.21. The van der Waals surface area contributed by atoms with Crippen LogP contribution in [0.1, 0.15) is 42.3 Å². The van der Waals surface area contributed by atoms with E-state index in [0.29, 0.717) is 5.75 Å². The largest absolute Gasteiger partial charge is 0.390 e. The minimum absolute atomic E-state index is 0.0866. The van der Waals surface area contributed by atoms with Crippen LogP contribution in [0.3, 0.4) is 0 Å². The van der Waals surface area contributed by atoms with Crippen LogP contribution in [0.5, 0.6) is 0 Å². The number of rotatable bonds is 6. The zero-order valence-electron chi connectivity index (χ0n) is 11.3. The zero-order valence-corrected chi connectivity index (χ0v) is 12.1. The van der Waals surface area contributed by atoms with Gasteiger partial charge in [0.25, 0.3) is 0 Å². The normalized spacial score (nSPS) is 13.8. The van der Waals surface area contributed by atoms with E-state index >= 15 is 0 Å². The third kappa shape index (κ3) is 4.40. The number of thioether (sulfide) groups is 1. The summed E-state index contributed by atoms with van der Waals surface area (Å²) in [6.45, 7) is 2.64. The number of ketones is 1. The van der Waals surface area contributed by atoms with E-state index in [-0.39, 0.29) is 22.7 Å². The minimum Gasteiger partial charge on any atom is -0.390 e. The van der Waals surface area contributed by atoms with Crippen LogP contribution in [0, 0.1) is 5.82 Å². The maximum absolute atomic E-state index is 14.0. The third-order valence-corrected chi connectivity index (χ3v) is 3.66. The van der Waals surface area contributed by atoms with Gasteiger partial charge in [-0.05, 0) is 19.4 Å². The molecule has 0 heterocycles. The summed E-state index contributed by atoms with van der Waals surface area (Å²) in [5.41, 5.74) is -0.232. The smallest absolute Gasteiger partial charge is 0.185 e. The van der Waals surface area contributed by atoms with E-state index in [1.165, 1.54) is 32.0 Å². The van der Waals surface area contributed by atoms with Gasteiger partial charge in [-0.2, -0.15) is 0 Å². The van der Waals surface area contributed by atoms with Crippen LogP contribution in [0.25, 0.3) is 0 Å². The number of hydrogen-bond donors (Lipinski definition) is 2. The third-order valence-electron chi connectivity index (χ3n) is 2.81. The summed E-state index contributed by atoms with van der Waals surface area (Å²) >= 11 is 1.03. The highest BCUT2D eigenvalue weighted by atomic mass is 32.2. The predicted octanol–water partition coefficient (Wildman–Crippen LogP) is 2.09. The highest BCUT2D eigenvalue weighted by molar-refractivity contribution is 8.13. The molecule has 0 fully saturated rings. The van der Waals surface area contributed by atoms with Gasteiger partial charge in [-0.1, -0.05) is 23.9 Å². The lowest BCUT2D eigenvalue weighted by Gasteiger charge is -2.19. The number of Topliss-reactive ketones (excluding diaryl/α,β-unsaturated/α-hetero) is 1. The molecule has 0 aliphatic carbocycles. The van der Waals surface area contributed by atoms with Crippen molar-refractivity contribution >= 4 is 22.7 Å². The molecule has 0 aliphatic heterocycles. The van der Waals surface area contributed by atoms with Crippen molar-refractivity contribution in [2.75, 3.05) is 5.75 Å². The molecule has 20 heavy (non-hydrogen) atoms. The molecule has 2 atom stereocenters. The molecular formula is C14H17FO4S. The topological polar surface area (TPSA) is 74.6 Å². The van der Waals surface area contributed by atoms with Crippen molar-refractivity contribution in [1.82, 2.24) is 0 Å². The van der Waals surface area contributed by atoms with E-state index in [1.807, 2.05) is 0 Å². The van der Waals surface area contributed by atoms with Crippen LogP contribution in [-0.2, 0) is 4.79 Å². The van der Waals surface area contributed by atoms with E-state index in [2.05, 4.69) is 0 Å². The summed E-state index contributed by atoms with van der Waals surface area (Å²) < 4.78 is 14.0. The Morgan fingerprint density at radius 3 is 2.50 bits per heavy atom. The molecule has 110 valence electrons. The van der Waals surface area contributed by atoms with Crippen molar-refractivity contribution in [2.24, 2.45) is 0 Å². The van der Waals surface area contributed by atoms with Crippen LogP contribution < -0.4 is 0 Å². The monoisotopic (exact) mass is 300 g/mol. The average molecular weight is 300 g/mol. The Kier molecular flexibility index (Phi) is 6.32. The summed E-state index contributed by atoms with van der Waals surface area (Å²) in [5.74, 6) is -0.925. The summed E-state index contributed by atoms with van der Waals surface area (Å²) in [4.78, 5) is 22.0. The first-order chi connectivity index (χ1) is 9.34. The van der Waals surface area contributed by atoms with Gasteiger partial charge in [0.15, 0.2) is 10.9 Å². The van der Waals surface area contributed by atoms with Crippen LogP contribution in [-0.4, -0.2) is 33.0 Å². The summed E-state index contributed by atoms with van der Waals surface area (Å²) in [5, 5.41) is 19.7. The molecule has 6 heteroatoms. The van der Waals surface area contributed by atoms with Gasteiger partial charge in [0, 0.05) is 18.2 Å². The second kappa shape index (κ2) is 7.52. The van der Waals surface area contributed by atoms with E-state index in [4.69, 9.17) is 0 Å². The molecule has 0 aliphatic rings. The Morgan fingerprint density at radius 1 is 1.30 bits per heavy atom. The number of aliphatic hydroxyl groups excluding tert-OH is 2. The fourth-order valence-electron chi connectivity index (χ4n) is 1.74. The maximum Gasteiger partial charge on any atom is 0.185 e. The van der Waals surface area contributed by atoms with Crippen LogP contribution in [0.2, 0.25) is 0 Å². The summed E-state index contributed by atoms with van der Waals surface area (Å²) in [7, 11) is 0. The molecule has 0 spiro atoms. The lowest BCUT2D eigenvalue weighted by atomic mass is 9.98. The standard InChI is InChI=1S/C14H17FO4S/c1-8(16)10-4-3-5-11(13(10)15)14(19)12(18)6-7-20-9(2)17/h3-5,12,14,18-19H,6-7H2,1-2H3. The quantitative estimate of drug-likeness (QED) is 0.787. The average Bonchev–Trinajstić information content (AvgIpc) is 2.37. The van der Waals surface area contributed by atoms with E-state index in [0.717, 1.165) is 11.8 Å². The lowest BCUT2D eigenvalue weighted by molar-refractivity contribution is -0.109. The minimum atomic E-state index is -1.43. The number of halogens is 1. The molecule has 2 unspecified atom stereocenters. The second-order valence-electron chi connectivity index (χ2n) is 4.41. The number of carbonyl (C=O) groups excluding carboxylic acids is 2. The van der Waals surface area contributed by atoms with Crippen molar-refractivity contribution in [3.63, 3.8) is 0 Å². The van der Waals surface area contributed by atoms with E-state index in [1.54, 1.807) is 0 Å². The molecule has 0 saturated carbocycles. The zero-order chi connectivity index (χ0) is 15.3. The highest BCUT2D eigenvalue weighted by Crippen LogP contribution is 2.25. The summed E-state index contributed by atoms with van der Waals surface area (Å²) in [6.07, 6.45) is -2.48. The number of aliphatic hydroxyl groups is 2. The SMILES string of the molecule is CC(=O)SCCC(O)C(O)c1cccc(C(C)=O)c1F. The Hall–Kier alpha value is -1.24. The first-order valence-electron chi connectivity index (χ1n) is 6.13. The fraction of sp³-hybridized carbons (Fsp3) is 0.429. The Bertz CT molecular complexity index is 504. The van der Waals surface area contributed by atoms with Gasteiger partial charge >= 0.3 is 0 Å². The second-order valence-corrected chi connectivity index (χ2v) is 5.68. The van der Waals surface area contributed by atoms with Gasteiger partial charge in [-0.15, -0.1) is 0 Å². The Morgan fingerprint density at radius 2 is 1.95 bits per heavy atom. The van der Waals surface area contributed by atoms with Crippen molar-refractivity contribution in [2.45, 2.75) is 32.5 Å². The fourth-order valence-corrected chi connectivity index (χ4v) is 2.39. The van der Waals surface area contributed by atoms with Crippen molar-refractivity contribution in [1.29, 1.82) is 0 Å². The van der Waals surface area contributed by atoms with E-state index in [9.17, 15) is 24.2 Å². The Balaban J connectivity index is 2.81. The molecule has 2 N–H and O–H groups in total. The van der Waals surface area contributed by atoms with Crippen molar-refractivity contribution < 1.29 is 24.2 Å². The molecule has 0 amide bonds. The first kappa shape index (κ1) is 16.8. The predicted molar refractivity (Wildman–Crippen MR) is 75.1 cm³/mol. The number of hydrogen-bond acceptors (Lipinski definition) is 5. The summed E-state index contributed by atoms with van der Waals surface area (Å²) in [6, 6.07) is 4.11. The van der Waals surface area contributed by atoms with Crippen LogP contribution >= 0.6 is 11.8 Å². The number of benzene rings is 1. The molecule has 0 bridgehead atoms. The van der Waals surface area contributed by atoms with Gasteiger partial charge in [0.05, 0.1) is 11.7 Å². The van der Waals surface area contributed by atoms with Crippen molar-refractivity contribution in [3.8, 4) is 0 Å². The molecular weight excluding hydrogens is 283 g/mol.